The number of hydrogen-bond donors (Lipinski definition) is 0. The minimum absolute atomic E-state index is 0.00435. The largest absolute Gasteiger partial charge is 0.497 e. The molecule has 108 valence electrons. The van der Waals surface area contributed by atoms with Crippen molar-refractivity contribution in [3.63, 3.8) is 0 Å². The lowest BCUT2D eigenvalue weighted by Crippen LogP contribution is -2.12. The zero-order valence-electron chi connectivity index (χ0n) is 12.3. The highest BCUT2D eigenvalue weighted by atomic mass is 16.5. The second-order valence-electron chi connectivity index (χ2n) is 5.31. The molecule has 1 unspecified atom stereocenters. The standard InChI is InChI=1S/C18H18O3/c1-20-15-8-6-12(7-9-15)10-14-11-13-4-3-5-16(21-2)17(13)18(14)19/h3-9,14H,10-11H2,1-2H3. The van der Waals surface area contributed by atoms with Gasteiger partial charge in [-0.1, -0.05) is 24.3 Å². The number of rotatable bonds is 4. The van der Waals surface area contributed by atoms with E-state index in [2.05, 4.69) is 0 Å². The Kier molecular flexibility index (Phi) is 3.65. The van der Waals surface area contributed by atoms with Crippen molar-refractivity contribution < 1.29 is 14.3 Å². The lowest BCUT2D eigenvalue weighted by atomic mass is 9.95. The maximum Gasteiger partial charge on any atom is 0.170 e. The molecule has 0 N–H and O–H groups in total. The smallest absolute Gasteiger partial charge is 0.170 e. The number of ether oxygens (including phenoxy) is 2. The third-order valence-electron chi connectivity index (χ3n) is 4.06. The van der Waals surface area contributed by atoms with Gasteiger partial charge in [-0.3, -0.25) is 4.79 Å². The van der Waals surface area contributed by atoms with Crippen LogP contribution in [0.4, 0.5) is 0 Å². The van der Waals surface area contributed by atoms with Gasteiger partial charge in [-0.25, -0.2) is 0 Å². The van der Waals surface area contributed by atoms with Crippen LogP contribution in [0.3, 0.4) is 0 Å². The number of fused-ring (bicyclic) bond motifs is 1. The first kappa shape index (κ1) is 13.7. The first-order chi connectivity index (χ1) is 10.2. The van der Waals surface area contributed by atoms with Crippen LogP contribution in [0.25, 0.3) is 0 Å². The molecule has 0 saturated heterocycles. The minimum Gasteiger partial charge on any atom is -0.497 e. The normalized spacial score (nSPS) is 16.7. The van der Waals surface area contributed by atoms with Gasteiger partial charge in [0.05, 0.1) is 19.8 Å². The molecule has 21 heavy (non-hydrogen) atoms. The first-order valence-corrected chi connectivity index (χ1v) is 7.06. The van der Waals surface area contributed by atoms with E-state index in [-0.39, 0.29) is 11.7 Å². The molecule has 0 radical (unpaired) electrons. The fourth-order valence-corrected chi connectivity index (χ4v) is 2.97. The van der Waals surface area contributed by atoms with Crippen LogP contribution in [0, 0.1) is 5.92 Å². The molecule has 2 aromatic rings. The van der Waals surface area contributed by atoms with Gasteiger partial charge in [0.25, 0.3) is 0 Å². The Balaban J connectivity index is 1.81. The Bertz CT molecular complexity index is 659. The predicted octanol–water partition coefficient (Wildman–Crippen LogP) is 3.30. The van der Waals surface area contributed by atoms with Crippen LogP contribution >= 0.6 is 0 Å². The topological polar surface area (TPSA) is 35.5 Å². The van der Waals surface area contributed by atoms with Crippen LogP contribution in [0.1, 0.15) is 21.5 Å². The summed E-state index contributed by atoms with van der Waals surface area (Å²) in [5.41, 5.74) is 3.01. The van der Waals surface area contributed by atoms with Gasteiger partial charge >= 0.3 is 0 Å². The average molecular weight is 282 g/mol. The highest BCUT2D eigenvalue weighted by molar-refractivity contribution is 6.04. The number of ketones is 1. The SMILES string of the molecule is COc1ccc(CC2Cc3cccc(OC)c3C2=O)cc1. The maximum atomic E-state index is 12.6. The maximum absolute atomic E-state index is 12.6. The summed E-state index contributed by atoms with van der Waals surface area (Å²) in [7, 11) is 3.26. The van der Waals surface area contributed by atoms with Gasteiger partial charge in [0.15, 0.2) is 5.78 Å². The van der Waals surface area contributed by atoms with Crippen LogP contribution in [-0.2, 0) is 12.8 Å². The van der Waals surface area contributed by atoms with Crippen LogP contribution in [-0.4, -0.2) is 20.0 Å². The molecular weight excluding hydrogens is 264 g/mol. The Morgan fingerprint density at radius 1 is 1.05 bits per heavy atom. The van der Waals surface area contributed by atoms with E-state index in [9.17, 15) is 4.79 Å². The molecule has 3 nitrogen and oxygen atoms in total. The monoisotopic (exact) mass is 282 g/mol. The highest BCUT2D eigenvalue weighted by Crippen LogP contribution is 2.35. The lowest BCUT2D eigenvalue weighted by Gasteiger charge is -2.09. The van der Waals surface area contributed by atoms with Crippen molar-refractivity contribution in [2.75, 3.05) is 14.2 Å². The molecule has 3 rings (SSSR count). The summed E-state index contributed by atoms with van der Waals surface area (Å²) in [6, 6.07) is 13.7. The molecule has 0 bridgehead atoms. The summed E-state index contributed by atoms with van der Waals surface area (Å²) in [5, 5.41) is 0. The number of hydrogen-bond acceptors (Lipinski definition) is 3. The summed E-state index contributed by atoms with van der Waals surface area (Å²) in [5.74, 6) is 1.72. The molecule has 1 aliphatic carbocycles. The van der Waals surface area contributed by atoms with Gasteiger partial charge in [-0.15, -0.1) is 0 Å². The highest BCUT2D eigenvalue weighted by Gasteiger charge is 2.32. The van der Waals surface area contributed by atoms with Crippen molar-refractivity contribution >= 4 is 5.78 Å². The molecule has 0 saturated carbocycles. The molecule has 3 heteroatoms. The molecule has 0 fully saturated rings. The van der Waals surface area contributed by atoms with E-state index in [0.717, 1.165) is 35.3 Å². The van der Waals surface area contributed by atoms with Gasteiger partial charge in [-0.05, 0) is 42.2 Å². The van der Waals surface area contributed by atoms with Crippen molar-refractivity contribution in [2.24, 2.45) is 5.92 Å². The first-order valence-electron chi connectivity index (χ1n) is 7.06. The fourth-order valence-electron chi connectivity index (χ4n) is 2.97. The molecule has 0 spiro atoms. The Morgan fingerprint density at radius 2 is 1.81 bits per heavy atom. The van der Waals surface area contributed by atoms with E-state index >= 15 is 0 Å². The molecule has 1 aliphatic rings. The third-order valence-corrected chi connectivity index (χ3v) is 4.06. The van der Waals surface area contributed by atoms with E-state index in [4.69, 9.17) is 9.47 Å². The second-order valence-corrected chi connectivity index (χ2v) is 5.31. The Labute approximate surface area is 124 Å². The number of carbonyl (C=O) groups excluding carboxylic acids is 1. The minimum atomic E-state index is 0.00435. The van der Waals surface area contributed by atoms with Crippen LogP contribution in [0.15, 0.2) is 42.5 Å². The van der Waals surface area contributed by atoms with Crippen molar-refractivity contribution in [1.29, 1.82) is 0 Å². The van der Waals surface area contributed by atoms with E-state index < -0.39 is 0 Å². The summed E-state index contributed by atoms with van der Waals surface area (Å²) >= 11 is 0. The fraction of sp³-hybridized carbons (Fsp3) is 0.278. The number of Topliss-reactive ketones (excluding diaryl/α,β-unsaturated/α-hetero) is 1. The molecule has 0 amide bonds. The molecule has 0 aromatic heterocycles. The zero-order chi connectivity index (χ0) is 14.8. The Hall–Kier alpha value is -2.29. The van der Waals surface area contributed by atoms with E-state index in [1.54, 1.807) is 14.2 Å². The Morgan fingerprint density at radius 3 is 2.48 bits per heavy atom. The summed E-state index contributed by atoms with van der Waals surface area (Å²) in [6.07, 6.45) is 1.54. The molecule has 2 aromatic carbocycles. The van der Waals surface area contributed by atoms with Crippen LogP contribution < -0.4 is 9.47 Å². The van der Waals surface area contributed by atoms with E-state index in [1.165, 1.54) is 0 Å². The number of benzene rings is 2. The van der Waals surface area contributed by atoms with Crippen molar-refractivity contribution in [3.8, 4) is 11.5 Å². The molecule has 0 heterocycles. The van der Waals surface area contributed by atoms with Crippen molar-refractivity contribution in [1.82, 2.24) is 0 Å². The van der Waals surface area contributed by atoms with Gasteiger partial charge < -0.3 is 9.47 Å². The van der Waals surface area contributed by atoms with Gasteiger partial charge in [-0.2, -0.15) is 0 Å². The van der Waals surface area contributed by atoms with Crippen molar-refractivity contribution in [3.05, 3.63) is 59.2 Å². The second kappa shape index (κ2) is 5.60. The van der Waals surface area contributed by atoms with Crippen LogP contribution in [0.5, 0.6) is 11.5 Å². The molecular formula is C18H18O3. The van der Waals surface area contributed by atoms with E-state index in [1.807, 2.05) is 42.5 Å². The van der Waals surface area contributed by atoms with Crippen LogP contribution in [0.2, 0.25) is 0 Å². The number of carbonyl (C=O) groups is 1. The zero-order valence-corrected chi connectivity index (χ0v) is 12.3. The van der Waals surface area contributed by atoms with E-state index in [0.29, 0.717) is 5.75 Å². The molecule has 1 atom stereocenters. The summed E-state index contributed by atoms with van der Waals surface area (Å²) in [4.78, 5) is 12.6. The third kappa shape index (κ3) is 2.51. The predicted molar refractivity (Wildman–Crippen MR) is 81.2 cm³/mol. The van der Waals surface area contributed by atoms with Crippen molar-refractivity contribution in [2.45, 2.75) is 12.8 Å². The lowest BCUT2D eigenvalue weighted by molar-refractivity contribution is 0.0933. The van der Waals surface area contributed by atoms with Gasteiger partial charge in [0, 0.05) is 5.92 Å². The van der Waals surface area contributed by atoms with Gasteiger partial charge in [0.2, 0.25) is 0 Å². The molecule has 0 aliphatic heterocycles. The van der Waals surface area contributed by atoms with Gasteiger partial charge in [0.1, 0.15) is 11.5 Å². The summed E-state index contributed by atoms with van der Waals surface area (Å²) in [6.45, 7) is 0. The quantitative estimate of drug-likeness (QED) is 0.863. The number of methoxy groups -OCH3 is 2. The summed E-state index contributed by atoms with van der Waals surface area (Å²) < 4.78 is 10.5. The average Bonchev–Trinajstić information content (AvgIpc) is 2.84.